The van der Waals surface area contributed by atoms with E-state index in [-0.39, 0.29) is 12.1 Å². The van der Waals surface area contributed by atoms with Crippen LogP contribution in [0.2, 0.25) is 0 Å². The first-order chi connectivity index (χ1) is 34.7. The molecule has 6 heteroatoms. The molecule has 2 atom stereocenters. The summed E-state index contributed by atoms with van der Waals surface area (Å²) in [5, 5.41) is 4.81. The second-order valence-electron chi connectivity index (χ2n) is 18.6. The Bertz CT molecular complexity index is 4160. The summed E-state index contributed by atoms with van der Waals surface area (Å²) in [6, 6.07) is 83.7. The largest absolute Gasteiger partial charge is 0.331 e. The molecule has 0 saturated heterocycles. The first kappa shape index (κ1) is 38.8. The van der Waals surface area contributed by atoms with Crippen LogP contribution in [0, 0.1) is 0 Å². The summed E-state index contributed by atoms with van der Waals surface area (Å²) in [7, 11) is 0. The molecule has 0 N–H and O–H groups in total. The number of aromatic nitrogens is 4. The third-order valence-electron chi connectivity index (χ3n) is 14.8. The fourth-order valence-electron chi connectivity index (χ4n) is 11.8. The zero-order valence-corrected chi connectivity index (χ0v) is 37.9. The molecule has 6 nitrogen and oxygen atoms in total. The minimum Gasteiger partial charge on any atom is -0.331 e. The fourth-order valence-corrected chi connectivity index (χ4v) is 11.8. The van der Waals surface area contributed by atoms with Gasteiger partial charge in [0.15, 0.2) is 0 Å². The van der Waals surface area contributed by atoms with E-state index < -0.39 is 0 Å². The molecular formula is C64H42N6. The van der Waals surface area contributed by atoms with Gasteiger partial charge >= 0.3 is 0 Å². The van der Waals surface area contributed by atoms with E-state index >= 15 is 0 Å². The highest BCUT2D eigenvalue weighted by molar-refractivity contribution is 6.20. The van der Waals surface area contributed by atoms with Crippen LogP contribution < -0.4 is 9.80 Å². The van der Waals surface area contributed by atoms with Crippen molar-refractivity contribution in [2.45, 2.75) is 12.1 Å². The third kappa shape index (κ3) is 5.74. The number of rotatable bonds is 6. The van der Waals surface area contributed by atoms with E-state index in [9.17, 15) is 0 Å². The number of hydrogen-bond donors (Lipinski definition) is 0. The Balaban J connectivity index is 0.867. The molecule has 9 aromatic carbocycles. The number of nitrogens with zero attached hydrogens (tertiary/aromatic N) is 6. The van der Waals surface area contributed by atoms with E-state index in [0.717, 1.165) is 50.3 Å². The highest BCUT2D eigenvalue weighted by Crippen LogP contribution is 2.62. The van der Waals surface area contributed by atoms with Gasteiger partial charge < -0.3 is 18.9 Å². The highest BCUT2D eigenvalue weighted by atomic mass is 15.3. The minimum atomic E-state index is -0.00729. The Labute approximate surface area is 404 Å². The summed E-state index contributed by atoms with van der Waals surface area (Å²) in [4.78, 5) is 15.6. The van der Waals surface area contributed by atoms with Crippen LogP contribution in [0.1, 0.15) is 23.2 Å². The first-order valence-electron chi connectivity index (χ1n) is 24.0. The quantitative estimate of drug-likeness (QED) is 0.167. The van der Waals surface area contributed by atoms with E-state index in [1.54, 1.807) is 0 Å². The van der Waals surface area contributed by atoms with Gasteiger partial charge in [0.1, 0.15) is 0 Å². The van der Waals surface area contributed by atoms with Gasteiger partial charge in [-0.3, -0.25) is 9.97 Å². The molecule has 70 heavy (non-hydrogen) atoms. The summed E-state index contributed by atoms with van der Waals surface area (Å²) >= 11 is 0. The summed E-state index contributed by atoms with van der Waals surface area (Å²) in [6.45, 7) is 0. The second-order valence-corrected chi connectivity index (χ2v) is 18.6. The topological polar surface area (TPSA) is 42.1 Å². The smallest absolute Gasteiger partial charge is 0.0909 e. The molecule has 328 valence electrons. The molecule has 0 spiro atoms. The van der Waals surface area contributed by atoms with Crippen molar-refractivity contribution < 1.29 is 0 Å². The number of fused-ring (bicyclic) bond motifs is 12. The number of benzene rings is 9. The first-order valence-corrected chi connectivity index (χ1v) is 24.0. The minimum absolute atomic E-state index is 0.00729. The summed E-state index contributed by atoms with van der Waals surface area (Å²) in [5.41, 5.74) is 20.3. The number of anilines is 4. The monoisotopic (exact) mass is 894 g/mol. The van der Waals surface area contributed by atoms with Gasteiger partial charge in [0.2, 0.25) is 0 Å². The molecule has 2 aliphatic rings. The highest BCUT2D eigenvalue weighted by Gasteiger charge is 2.50. The van der Waals surface area contributed by atoms with Gasteiger partial charge in [-0.1, -0.05) is 164 Å². The van der Waals surface area contributed by atoms with Crippen molar-refractivity contribution in [1.82, 2.24) is 19.1 Å². The van der Waals surface area contributed by atoms with Crippen molar-refractivity contribution in [1.29, 1.82) is 0 Å². The van der Waals surface area contributed by atoms with Crippen LogP contribution >= 0.6 is 0 Å². The Morgan fingerprint density at radius 3 is 1.40 bits per heavy atom. The zero-order chi connectivity index (χ0) is 45.9. The van der Waals surface area contributed by atoms with Gasteiger partial charge in [0.25, 0.3) is 0 Å². The van der Waals surface area contributed by atoms with Crippen molar-refractivity contribution in [2.75, 3.05) is 9.80 Å². The van der Waals surface area contributed by atoms with Crippen molar-refractivity contribution in [3.8, 4) is 33.6 Å². The molecule has 0 bridgehead atoms. The van der Waals surface area contributed by atoms with E-state index in [0.29, 0.717) is 0 Å². The van der Waals surface area contributed by atoms with E-state index in [4.69, 9.17) is 9.97 Å². The van der Waals surface area contributed by atoms with Crippen molar-refractivity contribution in [2.24, 2.45) is 0 Å². The third-order valence-corrected chi connectivity index (χ3v) is 14.8. The zero-order valence-electron chi connectivity index (χ0n) is 37.9. The van der Waals surface area contributed by atoms with Gasteiger partial charge in [-0.05, 0) is 99.8 Å². The molecule has 0 amide bonds. The van der Waals surface area contributed by atoms with Gasteiger partial charge in [0, 0.05) is 44.6 Å². The average molecular weight is 895 g/mol. The normalized spacial score (nSPS) is 15.1. The van der Waals surface area contributed by atoms with Gasteiger partial charge in [-0.15, -0.1) is 0 Å². The SMILES string of the molecule is c1ccc(-c2cc(-c3ccccc3)cc(N3c4ccccc4C4C3c3ccccc3N4c3cnc4cc(-n5c6ccccc6c6c5c5ccccc5n6-c5ccc6ccccc6c5)cnc4c3)c2)cc1. The molecular weight excluding hydrogens is 853 g/mol. The van der Waals surface area contributed by atoms with E-state index in [2.05, 4.69) is 256 Å². The Morgan fingerprint density at radius 1 is 0.314 bits per heavy atom. The van der Waals surface area contributed by atoms with Crippen LogP contribution in [0.25, 0.3) is 88.3 Å². The van der Waals surface area contributed by atoms with E-state index in [1.807, 2.05) is 6.20 Å². The molecule has 15 rings (SSSR count). The van der Waals surface area contributed by atoms with Crippen LogP contribution in [-0.4, -0.2) is 19.1 Å². The predicted molar refractivity (Wildman–Crippen MR) is 288 cm³/mol. The lowest BCUT2D eigenvalue weighted by Crippen LogP contribution is -2.24. The maximum absolute atomic E-state index is 5.27. The van der Waals surface area contributed by atoms with Crippen molar-refractivity contribution >= 4 is 77.4 Å². The molecule has 2 unspecified atom stereocenters. The van der Waals surface area contributed by atoms with Gasteiger partial charge in [-0.25, -0.2) is 0 Å². The van der Waals surface area contributed by atoms with Gasteiger partial charge in [0.05, 0.1) is 69.0 Å². The maximum atomic E-state index is 5.27. The second kappa shape index (κ2) is 15.1. The Morgan fingerprint density at radius 2 is 0.786 bits per heavy atom. The van der Waals surface area contributed by atoms with E-state index in [1.165, 1.54) is 71.8 Å². The molecule has 13 aromatic rings. The fraction of sp³-hybridized carbons (Fsp3) is 0.0312. The van der Waals surface area contributed by atoms with Crippen LogP contribution in [0.15, 0.2) is 243 Å². The average Bonchev–Trinajstić information content (AvgIpc) is 4.16. The van der Waals surface area contributed by atoms with Crippen LogP contribution in [-0.2, 0) is 0 Å². The molecule has 0 fully saturated rings. The molecule has 2 aliphatic heterocycles. The van der Waals surface area contributed by atoms with Crippen LogP contribution in [0.3, 0.4) is 0 Å². The molecule has 0 saturated carbocycles. The number of pyridine rings is 2. The van der Waals surface area contributed by atoms with Crippen molar-refractivity contribution in [3.05, 3.63) is 254 Å². The lowest BCUT2D eigenvalue weighted by Gasteiger charge is -2.30. The van der Waals surface area contributed by atoms with Crippen LogP contribution in [0.4, 0.5) is 22.7 Å². The molecule has 0 radical (unpaired) electrons. The standard InChI is InChI=1S/C64H42N6/c1-3-17-41(18-4-1)45-33-46(42-19-5-2-6-20-42)36-48(35-45)68-58-28-14-10-24-52(58)64-62(68)54-26-12-16-30-60(54)70(64)50-38-56-55(66-40-50)37-49(39-65-56)69-59-29-15-11-25-53(59)61-63(69)51-23-9-13-27-57(51)67(61)47-32-31-43-21-7-8-22-44(43)34-47/h1-40,62,64H. The maximum Gasteiger partial charge on any atom is 0.0909 e. The summed E-state index contributed by atoms with van der Waals surface area (Å²) in [6.07, 6.45) is 4.08. The lowest BCUT2D eigenvalue weighted by atomic mass is 9.96. The Hall–Kier alpha value is -9.26. The lowest BCUT2D eigenvalue weighted by molar-refractivity contribution is 0.633. The Kier molecular flexibility index (Phi) is 8.38. The summed E-state index contributed by atoms with van der Waals surface area (Å²) in [5.74, 6) is 0. The van der Waals surface area contributed by atoms with Crippen LogP contribution in [0.5, 0.6) is 0 Å². The number of para-hydroxylation sites is 4. The predicted octanol–water partition coefficient (Wildman–Crippen LogP) is 16.2. The molecule has 4 aromatic heterocycles. The van der Waals surface area contributed by atoms with Crippen molar-refractivity contribution in [3.63, 3.8) is 0 Å². The molecule has 0 aliphatic carbocycles. The van der Waals surface area contributed by atoms with Gasteiger partial charge in [-0.2, -0.15) is 0 Å². The summed E-state index contributed by atoms with van der Waals surface area (Å²) < 4.78 is 4.81. The molecule has 6 heterocycles. The number of hydrogen-bond acceptors (Lipinski definition) is 4.